The first kappa shape index (κ1) is 17.2. The Bertz CT molecular complexity index is 1180. The molecule has 1 aliphatic heterocycles. The van der Waals surface area contributed by atoms with Gasteiger partial charge in [-0.3, -0.25) is 19.8 Å². The van der Waals surface area contributed by atoms with Crippen LogP contribution in [-0.2, 0) is 16.6 Å². The van der Waals surface area contributed by atoms with Crippen LogP contribution in [0.2, 0.25) is 0 Å². The van der Waals surface area contributed by atoms with Gasteiger partial charge >= 0.3 is 0 Å². The lowest BCUT2D eigenvalue weighted by atomic mass is 10.1. The Morgan fingerprint density at radius 3 is 2.67 bits per heavy atom. The van der Waals surface area contributed by atoms with Gasteiger partial charge in [0.2, 0.25) is 0 Å². The van der Waals surface area contributed by atoms with Crippen molar-refractivity contribution in [2.45, 2.75) is 6.92 Å². The minimum Gasteiger partial charge on any atom is -0.327 e. The van der Waals surface area contributed by atoms with Crippen LogP contribution in [0.4, 0.5) is 0 Å². The van der Waals surface area contributed by atoms with Crippen LogP contribution in [-0.4, -0.2) is 42.6 Å². The van der Waals surface area contributed by atoms with Gasteiger partial charge in [-0.05, 0) is 37.4 Å². The maximum atomic E-state index is 12.8. The maximum absolute atomic E-state index is 12.8. The topological polar surface area (TPSA) is 71.6 Å². The first-order valence-corrected chi connectivity index (χ1v) is 8.77. The molecule has 1 aliphatic rings. The van der Waals surface area contributed by atoms with Crippen LogP contribution < -0.4 is 5.32 Å². The summed E-state index contributed by atoms with van der Waals surface area (Å²) in [5.74, 6) is -0.955. The van der Waals surface area contributed by atoms with Crippen LogP contribution in [0, 0.1) is 6.92 Å². The van der Waals surface area contributed by atoms with E-state index in [-0.39, 0.29) is 17.2 Å². The molecular formula is C19H17N5O2S. The number of imidazole rings is 1. The average molecular weight is 379 g/mol. The summed E-state index contributed by atoms with van der Waals surface area (Å²) in [6.45, 7) is 5.71. The van der Waals surface area contributed by atoms with Crippen molar-refractivity contribution >= 4 is 51.9 Å². The minimum atomic E-state index is -0.511. The van der Waals surface area contributed by atoms with Crippen LogP contribution in [0.3, 0.4) is 0 Å². The van der Waals surface area contributed by atoms with E-state index in [9.17, 15) is 9.59 Å². The number of nitrogens with one attached hydrogen (secondary N) is 1. The van der Waals surface area contributed by atoms with Gasteiger partial charge in [-0.25, -0.2) is 4.52 Å². The second kappa shape index (κ2) is 6.17. The molecule has 7 nitrogen and oxygen atoms in total. The average Bonchev–Trinajstić information content (AvgIpc) is 3.10. The highest BCUT2D eigenvalue weighted by Gasteiger charge is 2.33. The van der Waals surface area contributed by atoms with Gasteiger partial charge in [-0.2, -0.15) is 5.10 Å². The van der Waals surface area contributed by atoms with Gasteiger partial charge in [0.15, 0.2) is 5.11 Å². The van der Waals surface area contributed by atoms with E-state index in [1.807, 2.05) is 47.3 Å². The molecule has 0 saturated carbocycles. The molecule has 8 heteroatoms. The molecule has 1 saturated heterocycles. The zero-order valence-corrected chi connectivity index (χ0v) is 15.7. The van der Waals surface area contributed by atoms with Crippen LogP contribution in [0.15, 0.2) is 42.5 Å². The number of hydrogen-bond donors (Lipinski definition) is 1. The van der Waals surface area contributed by atoms with Gasteiger partial charge in [0, 0.05) is 19.2 Å². The van der Waals surface area contributed by atoms with Crippen LogP contribution >= 0.6 is 12.2 Å². The van der Waals surface area contributed by atoms with Crippen molar-refractivity contribution in [2.75, 3.05) is 6.54 Å². The largest absolute Gasteiger partial charge is 0.327 e. The highest BCUT2D eigenvalue weighted by molar-refractivity contribution is 7.80. The van der Waals surface area contributed by atoms with E-state index in [1.54, 1.807) is 12.2 Å². The molecule has 0 unspecified atom stereocenters. The normalized spacial score (nSPS) is 16.6. The lowest BCUT2D eigenvalue weighted by molar-refractivity contribution is -0.128. The lowest BCUT2D eigenvalue weighted by Gasteiger charge is -2.27. The van der Waals surface area contributed by atoms with E-state index >= 15 is 0 Å². The number of thiocarbonyl (C=S) groups is 1. The van der Waals surface area contributed by atoms with E-state index in [4.69, 9.17) is 12.2 Å². The van der Waals surface area contributed by atoms with Gasteiger partial charge in [-0.1, -0.05) is 18.2 Å². The van der Waals surface area contributed by atoms with Gasteiger partial charge < -0.3 is 4.57 Å². The summed E-state index contributed by atoms with van der Waals surface area (Å²) in [6.07, 6.45) is 3.15. The fraction of sp³-hybridized carbons (Fsp3) is 0.158. The molecular weight excluding hydrogens is 362 g/mol. The summed E-state index contributed by atoms with van der Waals surface area (Å²) < 4.78 is 3.83. The van der Waals surface area contributed by atoms with Crippen molar-refractivity contribution in [3.63, 3.8) is 0 Å². The summed E-state index contributed by atoms with van der Waals surface area (Å²) in [5.41, 5.74) is 4.24. The number of carbonyl (C=O) groups is 2. The molecule has 3 heterocycles. The van der Waals surface area contributed by atoms with Gasteiger partial charge in [0.1, 0.15) is 11.2 Å². The van der Waals surface area contributed by atoms with Crippen molar-refractivity contribution in [1.82, 2.24) is 24.4 Å². The molecule has 0 atom stereocenters. The fourth-order valence-electron chi connectivity index (χ4n) is 3.36. The number of carbonyl (C=O) groups excluding carboxylic acids is 2. The smallest absolute Gasteiger partial charge is 0.265 e. The zero-order chi connectivity index (χ0) is 19.3. The minimum absolute atomic E-state index is 0.0220. The van der Waals surface area contributed by atoms with Crippen molar-refractivity contribution in [3.05, 3.63) is 53.8 Å². The number of para-hydroxylation sites is 2. The Labute approximate surface area is 160 Å². The van der Waals surface area contributed by atoms with Crippen LogP contribution in [0.1, 0.15) is 11.3 Å². The predicted octanol–water partition coefficient (Wildman–Crippen LogP) is 1.95. The first-order chi connectivity index (χ1) is 12.9. The van der Waals surface area contributed by atoms with E-state index in [0.717, 1.165) is 27.9 Å². The SMILES string of the molecule is C=CCN1C(=O)C(=Cc2c(C)nn3c4ccccc4n(C)c23)C(=O)NC1=S. The van der Waals surface area contributed by atoms with E-state index in [0.29, 0.717) is 0 Å². The molecule has 4 rings (SSSR count). The Kier molecular flexibility index (Phi) is 3.92. The number of nitrogens with zero attached hydrogens (tertiary/aromatic N) is 4. The van der Waals surface area contributed by atoms with Gasteiger partial charge in [-0.15, -0.1) is 6.58 Å². The second-order valence-corrected chi connectivity index (χ2v) is 6.69. The summed E-state index contributed by atoms with van der Waals surface area (Å²) in [6, 6.07) is 7.88. The molecule has 1 aromatic carbocycles. The quantitative estimate of drug-likeness (QED) is 0.327. The van der Waals surface area contributed by atoms with E-state index in [1.165, 1.54) is 4.90 Å². The van der Waals surface area contributed by atoms with Crippen molar-refractivity contribution in [2.24, 2.45) is 7.05 Å². The number of aromatic nitrogens is 3. The summed E-state index contributed by atoms with van der Waals surface area (Å²) in [7, 11) is 1.93. The Morgan fingerprint density at radius 1 is 1.26 bits per heavy atom. The number of rotatable bonds is 3. The second-order valence-electron chi connectivity index (χ2n) is 6.30. The van der Waals surface area contributed by atoms with Gasteiger partial charge in [0.05, 0.1) is 16.7 Å². The molecule has 27 heavy (non-hydrogen) atoms. The summed E-state index contributed by atoms with van der Waals surface area (Å²) in [5, 5.41) is 7.25. The third-order valence-corrected chi connectivity index (χ3v) is 4.98. The number of aryl methyl sites for hydroxylation is 2. The molecule has 2 aromatic heterocycles. The molecule has 136 valence electrons. The highest BCUT2D eigenvalue weighted by atomic mass is 32.1. The first-order valence-electron chi connectivity index (χ1n) is 8.36. The molecule has 0 aliphatic carbocycles. The molecule has 0 spiro atoms. The van der Waals surface area contributed by atoms with Crippen molar-refractivity contribution in [3.8, 4) is 0 Å². The van der Waals surface area contributed by atoms with Crippen molar-refractivity contribution in [1.29, 1.82) is 0 Å². The van der Waals surface area contributed by atoms with Crippen LogP contribution in [0.5, 0.6) is 0 Å². The zero-order valence-electron chi connectivity index (χ0n) is 14.9. The Hall–Kier alpha value is -3.26. The molecule has 1 N–H and O–H groups in total. The molecule has 0 bridgehead atoms. The fourth-order valence-corrected chi connectivity index (χ4v) is 3.61. The van der Waals surface area contributed by atoms with E-state index in [2.05, 4.69) is 17.0 Å². The molecule has 1 fully saturated rings. The third-order valence-electron chi connectivity index (χ3n) is 4.66. The Morgan fingerprint density at radius 2 is 1.96 bits per heavy atom. The number of hydrogen-bond acceptors (Lipinski definition) is 4. The summed E-state index contributed by atoms with van der Waals surface area (Å²) in [4.78, 5) is 26.5. The van der Waals surface area contributed by atoms with Gasteiger partial charge in [0.25, 0.3) is 11.8 Å². The standard InChI is InChI=1S/C19H17N5O2S/c1-4-9-23-18(26)13(16(25)20-19(23)27)10-12-11(2)21-24-15-8-6-5-7-14(15)22(3)17(12)24/h4-8,10H,1,9H2,2-3H3,(H,20,25,27). The number of benzene rings is 1. The summed E-state index contributed by atoms with van der Waals surface area (Å²) >= 11 is 5.09. The predicted molar refractivity (Wildman–Crippen MR) is 107 cm³/mol. The lowest BCUT2D eigenvalue weighted by Crippen LogP contribution is -2.53. The maximum Gasteiger partial charge on any atom is 0.265 e. The molecule has 2 amide bonds. The number of amides is 2. The monoisotopic (exact) mass is 379 g/mol. The van der Waals surface area contributed by atoms with Crippen molar-refractivity contribution < 1.29 is 9.59 Å². The van der Waals surface area contributed by atoms with E-state index < -0.39 is 11.8 Å². The highest BCUT2D eigenvalue weighted by Crippen LogP contribution is 2.26. The number of fused-ring (bicyclic) bond motifs is 3. The molecule has 3 aromatic rings. The van der Waals surface area contributed by atoms with Crippen LogP contribution in [0.25, 0.3) is 22.8 Å². The third kappa shape index (κ3) is 2.48. The Balaban J connectivity index is 1.93. The molecule has 0 radical (unpaired) electrons.